The van der Waals surface area contributed by atoms with Crippen LogP contribution in [0.5, 0.6) is 5.75 Å². The molecule has 0 atom stereocenters. The lowest BCUT2D eigenvalue weighted by molar-refractivity contribution is -0.123. The van der Waals surface area contributed by atoms with Crippen molar-refractivity contribution in [3.63, 3.8) is 0 Å². The predicted molar refractivity (Wildman–Crippen MR) is 109 cm³/mol. The fourth-order valence-electron chi connectivity index (χ4n) is 2.31. The van der Waals surface area contributed by atoms with Gasteiger partial charge in [0.15, 0.2) is 6.61 Å². The number of fused-ring (bicyclic) bond motifs is 1. The third-order valence-electron chi connectivity index (χ3n) is 3.62. The van der Waals surface area contributed by atoms with Gasteiger partial charge in [-0.25, -0.2) is 10.4 Å². The first-order valence-electron chi connectivity index (χ1n) is 7.89. The summed E-state index contributed by atoms with van der Waals surface area (Å²) in [6.45, 7) is 1.72. The van der Waals surface area contributed by atoms with Crippen LogP contribution in [0.15, 0.2) is 47.6 Å². The maximum atomic E-state index is 11.9. The SMILES string of the molecule is Cc1ccc2cc(C=NNC(=O)COc3cccc(Cl)c3Cl)c(Cl)nc2c1. The maximum Gasteiger partial charge on any atom is 0.277 e. The van der Waals surface area contributed by atoms with Gasteiger partial charge in [-0.2, -0.15) is 5.10 Å². The molecule has 27 heavy (non-hydrogen) atoms. The summed E-state index contributed by atoms with van der Waals surface area (Å²) >= 11 is 18.1. The van der Waals surface area contributed by atoms with Crippen LogP contribution in [-0.2, 0) is 4.79 Å². The molecule has 0 radical (unpaired) electrons. The molecule has 0 spiro atoms. The highest BCUT2D eigenvalue weighted by atomic mass is 35.5. The quantitative estimate of drug-likeness (QED) is 0.356. The van der Waals surface area contributed by atoms with Gasteiger partial charge in [0.1, 0.15) is 15.9 Å². The number of carbonyl (C=O) groups is 1. The maximum absolute atomic E-state index is 11.9. The van der Waals surface area contributed by atoms with Crippen LogP contribution in [0, 0.1) is 6.92 Å². The molecule has 1 heterocycles. The summed E-state index contributed by atoms with van der Waals surface area (Å²) in [6.07, 6.45) is 1.43. The average Bonchev–Trinajstić information content (AvgIpc) is 2.63. The Balaban J connectivity index is 1.62. The minimum atomic E-state index is -0.456. The highest BCUT2D eigenvalue weighted by molar-refractivity contribution is 6.42. The first kappa shape index (κ1) is 19.4. The summed E-state index contributed by atoms with van der Waals surface area (Å²) in [5, 5.41) is 5.72. The zero-order chi connectivity index (χ0) is 19.4. The van der Waals surface area contributed by atoms with Crippen molar-refractivity contribution in [2.45, 2.75) is 6.92 Å². The standard InChI is InChI=1S/C19H14Cl3N3O2/c1-11-5-6-12-8-13(19(22)24-15(12)7-11)9-23-25-17(26)10-27-16-4-2-3-14(20)18(16)21/h2-9H,10H2,1H3,(H,25,26). The Bertz CT molecular complexity index is 1040. The fraction of sp³-hybridized carbons (Fsp3) is 0.105. The Morgan fingerprint density at radius 1 is 1.22 bits per heavy atom. The lowest BCUT2D eigenvalue weighted by atomic mass is 10.1. The number of hydrazone groups is 1. The largest absolute Gasteiger partial charge is 0.482 e. The first-order chi connectivity index (χ1) is 12.9. The van der Waals surface area contributed by atoms with Crippen molar-refractivity contribution in [1.82, 2.24) is 10.4 Å². The van der Waals surface area contributed by atoms with Crippen LogP contribution in [0.25, 0.3) is 10.9 Å². The molecule has 0 unspecified atom stereocenters. The number of ether oxygens (including phenoxy) is 1. The van der Waals surface area contributed by atoms with Crippen LogP contribution >= 0.6 is 34.8 Å². The van der Waals surface area contributed by atoms with E-state index in [9.17, 15) is 4.79 Å². The molecule has 2 aromatic carbocycles. The fourth-order valence-corrected chi connectivity index (χ4v) is 2.85. The van der Waals surface area contributed by atoms with Gasteiger partial charge in [-0.15, -0.1) is 0 Å². The number of halogens is 3. The van der Waals surface area contributed by atoms with E-state index in [0.29, 0.717) is 21.5 Å². The van der Waals surface area contributed by atoms with Crippen molar-refractivity contribution in [3.05, 3.63) is 68.8 Å². The number of nitrogens with one attached hydrogen (secondary N) is 1. The molecule has 3 aromatic rings. The number of carbonyl (C=O) groups excluding carboxylic acids is 1. The van der Waals surface area contributed by atoms with Crippen LogP contribution in [0.2, 0.25) is 15.2 Å². The Morgan fingerprint density at radius 3 is 2.85 bits per heavy atom. The third kappa shape index (κ3) is 4.89. The van der Waals surface area contributed by atoms with E-state index in [1.54, 1.807) is 18.2 Å². The lowest BCUT2D eigenvalue weighted by Gasteiger charge is -2.07. The van der Waals surface area contributed by atoms with Crippen molar-refractivity contribution in [3.8, 4) is 5.75 Å². The van der Waals surface area contributed by atoms with E-state index in [-0.39, 0.29) is 11.6 Å². The number of hydrogen-bond acceptors (Lipinski definition) is 4. The molecule has 0 saturated carbocycles. The average molecular weight is 423 g/mol. The molecule has 0 fully saturated rings. The molecule has 0 bridgehead atoms. The van der Waals surface area contributed by atoms with E-state index in [0.717, 1.165) is 16.5 Å². The number of pyridine rings is 1. The normalized spacial score (nSPS) is 11.1. The van der Waals surface area contributed by atoms with Gasteiger partial charge in [-0.05, 0) is 36.8 Å². The smallest absolute Gasteiger partial charge is 0.277 e. The zero-order valence-electron chi connectivity index (χ0n) is 14.2. The van der Waals surface area contributed by atoms with Crippen molar-refractivity contribution in [2.24, 2.45) is 5.10 Å². The highest BCUT2D eigenvalue weighted by Gasteiger charge is 2.08. The molecule has 0 aliphatic heterocycles. The van der Waals surface area contributed by atoms with Gasteiger partial charge in [0.25, 0.3) is 5.91 Å². The number of amides is 1. The Morgan fingerprint density at radius 2 is 2.04 bits per heavy atom. The van der Waals surface area contributed by atoms with Gasteiger partial charge >= 0.3 is 0 Å². The molecule has 0 saturated heterocycles. The topological polar surface area (TPSA) is 63.6 Å². The Labute approximate surface area is 170 Å². The number of hydrogen-bond donors (Lipinski definition) is 1. The summed E-state index contributed by atoms with van der Waals surface area (Å²) in [6, 6.07) is 12.7. The molecule has 138 valence electrons. The van der Waals surface area contributed by atoms with Crippen LogP contribution in [-0.4, -0.2) is 23.7 Å². The van der Waals surface area contributed by atoms with Crippen LogP contribution in [0.3, 0.4) is 0 Å². The first-order valence-corrected chi connectivity index (χ1v) is 9.03. The minimum absolute atomic E-state index is 0.250. The van der Waals surface area contributed by atoms with Crippen molar-refractivity contribution in [2.75, 3.05) is 6.61 Å². The van der Waals surface area contributed by atoms with E-state index in [2.05, 4.69) is 15.5 Å². The van der Waals surface area contributed by atoms with Crippen molar-refractivity contribution in [1.29, 1.82) is 0 Å². The van der Waals surface area contributed by atoms with Gasteiger partial charge in [-0.1, -0.05) is 53.0 Å². The summed E-state index contributed by atoms with van der Waals surface area (Å²) in [7, 11) is 0. The van der Waals surface area contributed by atoms with E-state index < -0.39 is 5.91 Å². The van der Waals surface area contributed by atoms with Crippen LogP contribution < -0.4 is 10.2 Å². The molecule has 5 nitrogen and oxygen atoms in total. The second kappa shape index (κ2) is 8.57. The summed E-state index contributed by atoms with van der Waals surface area (Å²) in [4.78, 5) is 16.2. The van der Waals surface area contributed by atoms with E-state index in [4.69, 9.17) is 39.5 Å². The van der Waals surface area contributed by atoms with E-state index in [1.807, 2.05) is 31.2 Å². The molecule has 3 rings (SSSR count). The zero-order valence-corrected chi connectivity index (χ0v) is 16.4. The van der Waals surface area contributed by atoms with E-state index in [1.165, 1.54) is 6.21 Å². The molecular formula is C19H14Cl3N3O2. The van der Waals surface area contributed by atoms with Gasteiger partial charge in [0, 0.05) is 10.9 Å². The number of aryl methyl sites for hydroxylation is 1. The molecule has 1 aromatic heterocycles. The minimum Gasteiger partial charge on any atom is -0.482 e. The van der Waals surface area contributed by atoms with Gasteiger partial charge in [0.2, 0.25) is 0 Å². The molecule has 0 aliphatic rings. The van der Waals surface area contributed by atoms with Gasteiger partial charge < -0.3 is 4.74 Å². The monoisotopic (exact) mass is 421 g/mol. The Hall–Kier alpha value is -2.34. The summed E-state index contributed by atoms with van der Waals surface area (Å²) in [5.41, 5.74) is 4.85. The molecule has 1 amide bonds. The second-order valence-electron chi connectivity index (χ2n) is 5.70. The second-order valence-corrected chi connectivity index (χ2v) is 6.84. The number of rotatable bonds is 5. The van der Waals surface area contributed by atoms with Gasteiger partial charge in [-0.3, -0.25) is 4.79 Å². The molecule has 8 heteroatoms. The van der Waals surface area contributed by atoms with Gasteiger partial charge in [0.05, 0.1) is 16.8 Å². The van der Waals surface area contributed by atoms with Crippen LogP contribution in [0.4, 0.5) is 0 Å². The third-order valence-corrected chi connectivity index (χ3v) is 4.73. The summed E-state index contributed by atoms with van der Waals surface area (Å²) in [5.74, 6) is -0.136. The lowest BCUT2D eigenvalue weighted by Crippen LogP contribution is -2.24. The number of aromatic nitrogens is 1. The van der Waals surface area contributed by atoms with Crippen molar-refractivity contribution >= 4 is 57.8 Å². The number of benzene rings is 2. The predicted octanol–water partition coefficient (Wildman–Crippen LogP) is 5.03. The molecule has 0 aliphatic carbocycles. The van der Waals surface area contributed by atoms with Crippen LogP contribution in [0.1, 0.15) is 11.1 Å². The molecular weight excluding hydrogens is 409 g/mol. The molecule has 1 N–H and O–H groups in total. The highest BCUT2D eigenvalue weighted by Crippen LogP contribution is 2.31. The Kier molecular flexibility index (Phi) is 6.16. The van der Waals surface area contributed by atoms with Crippen molar-refractivity contribution < 1.29 is 9.53 Å². The summed E-state index contributed by atoms with van der Waals surface area (Å²) < 4.78 is 5.33. The van der Waals surface area contributed by atoms with E-state index >= 15 is 0 Å². The number of nitrogens with zero attached hydrogens (tertiary/aromatic N) is 2.